The molecule has 222 valence electrons. The normalized spacial score (nSPS) is 11.7. The smallest absolute Gasteiger partial charge is 0.383 e. The molecule has 0 aliphatic heterocycles. The highest BCUT2D eigenvalue weighted by molar-refractivity contribution is 5.95. The van der Waals surface area contributed by atoms with Crippen LogP contribution in [0.4, 0.5) is 0 Å². The van der Waals surface area contributed by atoms with Gasteiger partial charge in [0.05, 0.1) is 10.9 Å². The van der Waals surface area contributed by atoms with E-state index in [0.717, 1.165) is 31.3 Å². The lowest BCUT2D eigenvalue weighted by atomic mass is 10.1. The second-order valence-electron chi connectivity index (χ2n) is 10.8. The Balaban J connectivity index is 1.85. The molecule has 0 saturated heterocycles. The van der Waals surface area contributed by atoms with Gasteiger partial charge in [0.2, 0.25) is 5.75 Å². The van der Waals surface area contributed by atoms with Crippen LogP contribution in [-0.2, 0) is 0 Å². The van der Waals surface area contributed by atoms with Crippen LogP contribution >= 0.6 is 0 Å². The SMILES string of the molecule is CC(C)=CCCC(C)=CCOc1ccc2c(OC(=O)c3ccccc3)c(OCC=C(C)CCC=C(C)C)c(=O)oc2c1. The maximum Gasteiger partial charge on any atom is 0.383 e. The summed E-state index contributed by atoms with van der Waals surface area (Å²) in [6.07, 6.45) is 12.1. The predicted octanol–water partition coefficient (Wildman–Crippen LogP) is 9.16. The number of rotatable bonds is 14. The zero-order valence-corrected chi connectivity index (χ0v) is 25.6. The van der Waals surface area contributed by atoms with Crippen molar-refractivity contribution in [3.63, 3.8) is 0 Å². The number of ether oxygens (including phenoxy) is 3. The Kier molecular flexibility index (Phi) is 12.4. The molecule has 0 amide bonds. The Morgan fingerprint density at radius 1 is 0.738 bits per heavy atom. The molecular formula is C36H42O6. The van der Waals surface area contributed by atoms with Crippen LogP contribution in [0.3, 0.4) is 0 Å². The summed E-state index contributed by atoms with van der Waals surface area (Å²) >= 11 is 0. The van der Waals surface area contributed by atoms with Crippen molar-refractivity contribution >= 4 is 16.9 Å². The van der Waals surface area contributed by atoms with E-state index in [2.05, 4.69) is 46.8 Å². The molecule has 3 rings (SSSR count). The predicted molar refractivity (Wildman–Crippen MR) is 170 cm³/mol. The molecule has 3 aromatic rings. The average Bonchev–Trinajstić information content (AvgIpc) is 2.94. The van der Waals surface area contributed by atoms with Crippen molar-refractivity contribution in [1.82, 2.24) is 0 Å². The van der Waals surface area contributed by atoms with Crippen molar-refractivity contribution in [2.24, 2.45) is 0 Å². The number of esters is 1. The number of allylic oxidation sites excluding steroid dienone is 6. The van der Waals surface area contributed by atoms with Gasteiger partial charge in [-0.3, -0.25) is 0 Å². The zero-order chi connectivity index (χ0) is 30.5. The van der Waals surface area contributed by atoms with Crippen molar-refractivity contribution in [3.05, 3.63) is 111 Å². The molecule has 0 aliphatic carbocycles. The Labute approximate surface area is 249 Å². The minimum atomic E-state index is -0.735. The quantitative estimate of drug-likeness (QED) is 0.109. The van der Waals surface area contributed by atoms with Gasteiger partial charge >= 0.3 is 11.6 Å². The van der Waals surface area contributed by atoms with E-state index in [4.69, 9.17) is 18.6 Å². The summed E-state index contributed by atoms with van der Waals surface area (Å²) in [6.45, 7) is 12.9. The Morgan fingerprint density at radius 3 is 1.93 bits per heavy atom. The van der Waals surface area contributed by atoms with Gasteiger partial charge in [0.1, 0.15) is 24.5 Å². The lowest BCUT2D eigenvalue weighted by Crippen LogP contribution is -2.14. The van der Waals surface area contributed by atoms with Crippen LogP contribution in [0.1, 0.15) is 77.6 Å². The summed E-state index contributed by atoms with van der Waals surface area (Å²) in [5.74, 6) is -0.200. The van der Waals surface area contributed by atoms with Crippen LogP contribution in [0, 0.1) is 0 Å². The Bertz CT molecular complexity index is 1530. The van der Waals surface area contributed by atoms with Gasteiger partial charge < -0.3 is 18.6 Å². The number of benzene rings is 2. The molecule has 6 heteroatoms. The number of hydrogen-bond acceptors (Lipinski definition) is 6. The van der Waals surface area contributed by atoms with E-state index >= 15 is 0 Å². The topological polar surface area (TPSA) is 75.0 Å². The summed E-state index contributed by atoms with van der Waals surface area (Å²) in [5, 5.41) is 0.430. The Hall–Kier alpha value is -4.32. The summed E-state index contributed by atoms with van der Waals surface area (Å²) in [5.41, 5.74) is 4.79. The molecule has 1 heterocycles. The molecule has 0 unspecified atom stereocenters. The number of hydrogen-bond donors (Lipinski definition) is 0. The summed E-state index contributed by atoms with van der Waals surface area (Å²) in [4.78, 5) is 26.1. The monoisotopic (exact) mass is 570 g/mol. The van der Waals surface area contributed by atoms with Gasteiger partial charge in [-0.05, 0) is 104 Å². The first-order valence-electron chi connectivity index (χ1n) is 14.4. The second kappa shape index (κ2) is 16.2. The molecule has 0 radical (unpaired) electrons. The molecule has 42 heavy (non-hydrogen) atoms. The van der Waals surface area contributed by atoms with Crippen molar-refractivity contribution in [2.45, 2.75) is 67.2 Å². The maximum absolute atomic E-state index is 13.1. The molecule has 1 aromatic heterocycles. The fraction of sp³-hybridized carbons (Fsp3) is 0.333. The van der Waals surface area contributed by atoms with Gasteiger partial charge in [0.25, 0.3) is 0 Å². The van der Waals surface area contributed by atoms with Crippen LogP contribution in [0.15, 0.2) is 104 Å². The second-order valence-corrected chi connectivity index (χ2v) is 10.8. The van der Waals surface area contributed by atoms with Crippen molar-refractivity contribution in [3.8, 4) is 17.2 Å². The van der Waals surface area contributed by atoms with Crippen LogP contribution in [0.2, 0.25) is 0 Å². The summed E-state index contributed by atoms with van der Waals surface area (Å²) < 4.78 is 23.2. The van der Waals surface area contributed by atoms with Gasteiger partial charge in [-0.2, -0.15) is 0 Å². The fourth-order valence-electron chi connectivity index (χ4n) is 4.11. The van der Waals surface area contributed by atoms with E-state index in [9.17, 15) is 9.59 Å². The van der Waals surface area contributed by atoms with E-state index in [1.54, 1.807) is 42.5 Å². The maximum atomic E-state index is 13.1. The summed E-state index contributed by atoms with van der Waals surface area (Å²) in [7, 11) is 0. The lowest BCUT2D eigenvalue weighted by Gasteiger charge is -2.13. The highest BCUT2D eigenvalue weighted by Gasteiger charge is 2.22. The average molecular weight is 571 g/mol. The molecule has 0 saturated carbocycles. The molecule has 0 bridgehead atoms. The van der Waals surface area contributed by atoms with E-state index < -0.39 is 11.6 Å². The molecule has 0 spiro atoms. The van der Waals surface area contributed by atoms with Gasteiger partial charge in [-0.15, -0.1) is 0 Å². The molecule has 6 nitrogen and oxygen atoms in total. The molecule has 0 atom stereocenters. The molecule has 0 N–H and O–H groups in total. The Morgan fingerprint density at radius 2 is 1.33 bits per heavy atom. The third-order valence-electron chi connectivity index (χ3n) is 6.52. The van der Waals surface area contributed by atoms with Gasteiger partial charge in [0.15, 0.2) is 5.75 Å². The van der Waals surface area contributed by atoms with Crippen LogP contribution in [0.5, 0.6) is 17.2 Å². The van der Waals surface area contributed by atoms with E-state index in [1.807, 2.05) is 25.1 Å². The molecule has 2 aromatic carbocycles. The van der Waals surface area contributed by atoms with Crippen LogP contribution < -0.4 is 19.8 Å². The van der Waals surface area contributed by atoms with Crippen LogP contribution in [0.25, 0.3) is 11.0 Å². The minimum absolute atomic E-state index is 0.0206. The number of carbonyl (C=O) groups excluding carboxylic acids is 1. The first kappa shape index (κ1) is 32.2. The first-order valence-corrected chi connectivity index (χ1v) is 14.4. The molecular weight excluding hydrogens is 528 g/mol. The van der Waals surface area contributed by atoms with Crippen molar-refractivity contribution in [1.29, 1.82) is 0 Å². The highest BCUT2D eigenvalue weighted by atomic mass is 16.6. The standard InChI is InChI=1S/C36H42O6/c1-25(2)12-10-14-27(5)20-22-39-30-18-19-31-32(24-30)41-36(38)34(40-23-21-28(6)15-11-13-26(3)4)33(31)42-35(37)29-16-8-7-9-17-29/h7-9,12-13,16-21,24H,10-11,14-15,22-23H2,1-6H3. The van der Waals surface area contributed by atoms with Gasteiger partial charge in [-0.1, -0.05) is 52.6 Å². The first-order chi connectivity index (χ1) is 20.1. The van der Waals surface area contributed by atoms with Gasteiger partial charge in [-0.25, -0.2) is 9.59 Å². The third-order valence-corrected chi connectivity index (χ3v) is 6.52. The van der Waals surface area contributed by atoms with Crippen molar-refractivity contribution in [2.75, 3.05) is 13.2 Å². The number of carbonyl (C=O) groups is 1. The highest BCUT2D eigenvalue weighted by Crippen LogP contribution is 2.35. The van der Waals surface area contributed by atoms with E-state index in [1.165, 1.54) is 16.7 Å². The van der Waals surface area contributed by atoms with Crippen molar-refractivity contribution < 1.29 is 23.4 Å². The van der Waals surface area contributed by atoms with Gasteiger partial charge in [0, 0.05) is 6.07 Å². The minimum Gasteiger partial charge on any atom is -0.489 e. The molecule has 0 aliphatic rings. The number of fused-ring (bicyclic) bond motifs is 1. The largest absolute Gasteiger partial charge is 0.489 e. The lowest BCUT2D eigenvalue weighted by molar-refractivity contribution is 0.0730. The third kappa shape index (κ3) is 10.3. The fourth-order valence-corrected chi connectivity index (χ4v) is 4.11. The van der Waals surface area contributed by atoms with Crippen LogP contribution in [-0.4, -0.2) is 19.2 Å². The van der Waals surface area contributed by atoms with E-state index in [0.29, 0.717) is 23.3 Å². The molecule has 0 fully saturated rings. The summed E-state index contributed by atoms with van der Waals surface area (Å²) in [6, 6.07) is 13.7. The zero-order valence-electron chi connectivity index (χ0n) is 25.6. The van der Waals surface area contributed by atoms with E-state index in [-0.39, 0.29) is 23.7 Å².